The maximum absolute atomic E-state index is 4.50. The van der Waals surface area contributed by atoms with Crippen LogP contribution in [0.4, 0.5) is 0 Å². The normalized spacial score (nSPS) is 37.1. The summed E-state index contributed by atoms with van der Waals surface area (Å²) in [4.78, 5) is 0. The van der Waals surface area contributed by atoms with Gasteiger partial charge in [0.2, 0.25) is 0 Å². The molecule has 6 N–H and O–H groups in total. The Bertz CT molecular complexity index is 103. The van der Waals surface area contributed by atoms with Gasteiger partial charge in [-0.05, 0) is 83.3 Å². The lowest BCUT2D eigenvalue weighted by atomic mass is 9.56. The van der Waals surface area contributed by atoms with Gasteiger partial charge in [0, 0.05) is 0 Å². The second kappa shape index (κ2) is 8.97. The molecule has 0 radical (unpaired) electrons. The lowest BCUT2D eigenvalue weighted by Crippen LogP contribution is -2.38. The van der Waals surface area contributed by atoms with Gasteiger partial charge in [-0.25, -0.2) is 0 Å². The van der Waals surface area contributed by atoms with Crippen LogP contribution >= 0.6 is 0 Å². The van der Waals surface area contributed by atoms with Gasteiger partial charge in [0.25, 0.3) is 0 Å². The van der Waals surface area contributed by atoms with Gasteiger partial charge in [-0.2, -0.15) is 0 Å². The molecule has 4 rings (SSSR count). The molecule has 0 atom stereocenters. The molecule has 16 heavy (non-hydrogen) atoms. The molecule has 4 bridgehead atoms. The molecule has 3 nitrogen and oxygen atoms in total. The lowest BCUT2D eigenvalue weighted by Gasteiger charge is -2.49. The highest BCUT2D eigenvalue weighted by atomic mass is 14.5. The topological polar surface area (TPSA) is 78.1 Å². The van der Waals surface area contributed by atoms with E-state index in [1.807, 2.05) is 0 Å². The van der Waals surface area contributed by atoms with Crippen molar-refractivity contribution in [2.24, 2.45) is 40.9 Å². The van der Waals surface area contributed by atoms with Crippen LogP contribution in [0.3, 0.4) is 0 Å². The first-order chi connectivity index (χ1) is 7.90. The Morgan fingerprint density at radius 2 is 0.562 bits per heavy atom. The summed E-state index contributed by atoms with van der Waals surface area (Å²) in [5, 5.41) is 0. The van der Waals surface area contributed by atoms with Crippen molar-refractivity contribution in [3.05, 3.63) is 0 Å². The van der Waals surface area contributed by atoms with Gasteiger partial charge in [-0.15, -0.1) is 0 Å². The molecule has 0 amide bonds. The zero-order chi connectivity index (χ0) is 12.6. The van der Waals surface area contributed by atoms with Crippen molar-refractivity contribution in [1.82, 2.24) is 0 Å². The summed E-state index contributed by atoms with van der Waals surface area (Å²) < 4.78 is 0. The minimum absolute atomic E-state index is 1.18. The Kier molecular flexibility index (Phi) is 8.90. The van der Waals surface area contributed by atoms with Crippen LogP contribution in [0.25, 0.3) is 0 Å². The largest absolute Gasteiger partial charge is 0.333 e. The molecule has 0 aromatic heterocycles. The predicted octanol–water partition coefficient (Wildman–Crippen LogP) is 1.56. The molecular formula is C13H31N3. The smallest absolute Gasteiger partial charge is 0.0195 e. The van der Waals surface area contributed by atoms with Crippen molar-refractivity contribution >= 4 is 0 Å². The summed E-state index contributed by atoms with van der Waals surface area (Å²) in [6, 6.07) is 0. The van der Waals surface area contributed by atoms with E-state index in [-0.39, 0.29) is 0 Å². The molecule has 3 heteroatoms. The van der Waals surface area contributed by atoms with Gasteiger partial charge in [0.1, 0.15) is 0 Å². The Labute approximate surface area is 101 Å². The Morgan fingerprint density at radius 1 is 0.438 bits per heavy atom. The summed E-state index contributed by atoms with van der Waals surface area (Å²) >= 11 is 0. The number of rotatable bonds is 0. The lowest BCUT2D eigenvalue weighted by molar-refractivity contribution is 0.0198. The van der Waals surface area contributed by atoms with Crippen molar-refractivity contribution in [1.29, 1.82) is 0 Å². The molecule has 0 saturated heterocycles. The maximum atomic E-state index is 4.50. The van der Waals surface area contributed by atoms with Crippen molar-refractivity contribution in [2.75, 3.05) is 21.1 Å². The molecule has 0 heterocycles. The van der Waals surface area contributed by atoms with E-state index in [2.05, 4.69) is 17.2 Å². The zero-order valence-corrected chi connectivity index (χ0v) is 11.3. The van der Waals surface area contributed by atoms with Crippen LogP contribution in [-0.4, -0.2) is 21.1 Å². The third-order valence-electron chi connectivity index (χ3n) is 4.00. The van der Waals surface area contributed by atoms with Crippen molar-refractivity contribution in [3.63, 3.8) is 0 Å². The van der Waals surface area contributed by atoms with Crippen LogP contribution in [0.5, 0.6) is 0 Å². The zero-order valence-electron chi connectivity index (χ0n) is 11.3. The van der Waals surface area contributed by atoms with E-state index < -0.39 is 0 Å². The maximum Gasteiger partial charge on any atom is -0.0195 e. The van der Waals surface area contributed by atoms with Crippen molar-refractivity contribution in [2.45, 2.75) is 38.5 Å². The van der Waals surface area contributed by atoms with Crippen LogP contribution in [0, 0.1) is 23.7 Å². The van der Waals surface area contributed by atoms with Gasteiger partial charge in [0.05, 0.1) is 0 Å². The van der Waals surface area contributed by atoms with Gasteiger partial charge in [-0.3, -0.25) is 0 Å². The minimum Gasteiger partial charge on any atom is -0.333 e. The fraction of sp³-hybridized carbons (Fsp3) is 1.00. The van der Waals surface area contributed by atoms with Crippen molar-refractivity contribution < 1.29 is 0 Å². The summed E-state index contributed by atoms with van der Waals surface area (Å²) in [6.07, 6.45) is 9.62. The fourth-order valence-corrected chi connectivity index (χ4v) is 3.98. The van der Waals surface area contributed by atoms with E-state index in [1.54, 1.807) is 38.5 Å². The highest BCUT2D eigenvalue weighted by Gasteiger charge is 2.41. The first-order valence-corrected chi connectivity index (χ1v) is 6.63. The number of hydrogen-bond donors (Lipinski definition) is 3. The fourth-order valence-electron chi connectivity index (χ4n) is 3.98. The average Bonchev–Trinajstić information content (AvgIpc) is 2.35. The third-order valence-corrected chi connectivity index (χ3v) is 4.00. The molecular weight excluding hydrogens is 198 g/mol. The monoisotopic (exact) mass is 229 g/mol. The Hall–Kier alpha value is -0.120. The number of hydrogen-bond acceptors (Lipinski definition) is 3. The second-order valence-corrected chi connectivity index (χ2v) is 4.88. The summed E-state index contributed by atoms with van der Waals surface area (Å²) in [7, 11) is 4.50. The van der Waals surface area contributed by atoms with Crippen LogP contribution in [0.15, 0.2) is 0 Å². The Morgan fingerprint density at radius 3 is 0.688 bits per heavy atom. The summed E-state index contributed by atoms with van der Waals surface area (Å²) in [5.74, 6) is 4.71. The molecule has 4 saturated carbocycles. The molecule has 4 aliphatic carbocycles. The average molecular weight is 229 g/mol. The summed E-state index contributed by atoms with van der Waals surface area (Å²) in [6.45, 7) is 0. The van der Waals surface area contributed by atoms with Gasteiger partial charge >= 0.3 is 0 Å². The Balaban J connectivity index is 0.000000332. The van der Waals surface area contributed by atoms with Gasteiger partial charge in [0.15, 0.2) is 0 Å². The van der Waals surface area contributed by atoms with Gasteiger partial charge < -0.3 is 17.2 Å². The van der Waals surface area contributed by atoms with E-state index in [0.29, 0.717) is 0 Å². The second-order valence-electron chi connectivity index (χ2n) is 4.88. The van der Waals surface area contributed by atoms with Crippen LogP contribution in [-0.2, 0) is 0 Å². The molecule has 4 fully saturated rings. The molecule has 0 unspecified atom stereocenters. The minimum atomic E-state index is 1.18. The highest BCUT2D eigenvalue weighted by molar-refractivity contribution is 4.92. The van der Waals surface area contributed by atoms with Crippen LogP contribution in [0.1, 0.15) is 38.5 Å². The summed E-state index contributed by atoms with van der Waals surface area (Å²) in [5.41, 5.74) is 13.5. The quantitative estimate of drug-likeness (QED) is 0.590. The highest BCUT2D eigenvalue weighted by Crippen LogP contribution is 2.53. The van der Waals surface area contributed by atoms with Crippen molar-refractivity contribution in [3.8, 4) is 0 Å². The number of nitrogens with two attached hydrogens (primary N) is 3. The van der Waals surface area contributed by atoms with E-state index >= 15 is 0 Å². The molecule has 0 aromatic carbocycles. The van der Waals surface area contributed by atoms with Crippen LogP contribution < -0.4 is 17.2 Å². The van der Waals surface area contributed by atoms with E-state index in [4.69, 9.17) is 0 Å². The molecule has 98 valence electrons. The van der Waals surface area contributed by atoms with Gasteiger partial charge in [-0.1, -0.05) is 0 Å². The van der Waals surface area contributed by atoms with Crippen LogP contribution in [0.2, 0.25) is 0 Å². The molecule has 0 aliphatic heterocycles. The van der Waals surface area contributed by atoms with E-state index in [1.165, 1.54) is 44.8 Å². The van der Waals surface area contributed by atoms with E-state index in [9.17, 15) is 0 Å². The standard InChI is InChI=1S/C10H16.3CH5N/c1-7-2-9-4-8(1)5-10(3-7)6-9;3*1-2/h7-10H,1-6H2;3*2H2,1H3. The first-order valence-electron chi connectivity index (χ1n) is 6.63. The van der Waals surface area contributed by atoms with E-state index in [0.717, 1.165) is 0 Å². The molecule has 4 aliphatic rings. The molecule has 0 aromatic rings. The SMILES string of the molecule is C1C2CC3CC1CC(C2)C3.CN.CN.CN. The first kappa shape index (κ1) is 15.9. The molecule has 0 spiro atoms. The third kappa shape index (κ3) is 4.04. The predicted molar refractivity (Wildman–Crippen MR) is 72.0 cm³/mol.